The summed E-state index contributed by atoms with van der Waals surface area (Å²) in [5.74, 6) is 1.81. The molecule has 0 amide bonds. The molecule has 0 unspecified atom stereocenters. The summed E-state index contributed by atoms with van der Waals surface area (Å²) in [5.41, 5.74) is 4.59. The molecule has 33 heavy (non-hydrogen) atoms. The Labute approximate surface area is 211 Å². The van der Waals surface area contributed by atoms with Crippen molar-refractivity contribution < 1.29 is 0 Å². The molecule has 0 atom stereocenters. The molecular formula is C24H31IN8. The first-order valence-corrected chi connectivity index (χ1v) is 11.1. The van der Waals surface area contributed by atoms with Gasteiger partial charge in [-0.1, -0.05) is 43.3 Å². The summed E-state index contributed by atoms with van der Waals surface area (Å²) in [4.78, 5) is 9.20. The summed E-state index contributed by atoms with van der Waals surface area (Å²) in [7, 11) is 0. The fourth-order valence-corrected chi connectivity index (χ4v) is 3.63. The van der Waals surface area contributed by atoms with Crippen LogP contribution in [-0.2, 0) is 26.1 Å². The molecule has 2 aromatic carbocycles. The van der Waals surface area contributed by atoms with Gasteiger partial charge in [-0.05, 0) is 30.2 Å². The smallest absolute Gasteiger partial charge is 0.191 e. The lowest BCUT2D eigenvalue weighted by Gasteiger charge is -2.12. The summed E-state index contributed by atoms with van der Waals surface area (Å²) < 4.78 is 4.24. The molecule has 0 aliphatic heterocycles. The zero-order valence-electron chi connectivity index (χ0n) is 19.1. The lowest BCUT2D eigenvalue weighted by atomic mass is 10.1. The molecule has 0 spiro atoms. The molecule has 174 valence electrons. The van der Waals surface area contributed by atoms with E-state index in [1.165, 1.54) is 11.1 Å². The molecule has 0 radical (unpaired) electrons. The monoisotopic (exact) mass is 558 g/mol. The number of aromatic nitrogens is 5. The van der Waals surface area contributed by atoms with E-state index >= 15 is 0 Å². The number of aliphatic imine (C=N–C) groups is 1. The fraction of sp³-hybridized carbons (Fsp3) is 0.333. The lowest BCUT2D eigenvalue weighted by molar-refractivity contribution is 0.632. The van der Waals surface area contributed by atoms with Gasteiger partial charge in [0, 0.05) is 32.6 Å². The first kappa shape index (κ1) is 24.7. The van der Waals surface area contributed by atoms with Crippen LogP contribution in [0.15, 0.2) is 66.2 Å². The van der Waals surface area contributed by atoms with Gasteiger partial charge in [-0.3, -0.25) is 0 Å². The minimum atomic E-state index is 0. The van der Waals surface area contributed by atoms with Crippen LogP contribution in [0, 0.1) is 0 Å². The van der Waals surface area contributed by atoms with Crippen molar-refractivity contribution in [1.29, 1.82) is 0 Å². The van der Waals surface area contributed by atoms with Crippen LogP contribution >= 0.6 is 24.0 Å². The summed E-state index contributed by atoms with van der Waals surface area (Å²) >= 11 is 0. The molecule has 2 aromatic heterocycles. The number of para-hydroxylation sites is 2. The number of halogens is 1. The van der Waals surface area contributed by atoms with Crippen LogP contribution in [0.1, 0.15) is 30.8 Å². The van der Waals surface area contributed by atoms with E-state index < -0.39 is 0 Å². The highest BCUT2D eigenvalue weighted by Crippen LogP contribution is 2.14. The van der Waals surface area contributed by atoms with Crippen molar-refractivity contribution in [3.8, 4) is 0 Å². The zero-order valence-corrected chi connectivity index (χ0v) is 21.4. The van der Waals surface area contributed by atoms with Gasteiger partial charge in [0.15, 0.2) is 5.96 Å². The van der Waals surface area contributed by atoms with Gasteiger partial charge in [0.1, 0.15) is 12.2 Å². The number of nitrogens with zero attached hydrogens (tertiary/aromatic N) is 6. The number of fused-ring (bicyclic) bond motifs is 1. The van der Waals surface area contributed by atoms with Gasteiger partial charge in [0.2, 0.25) is 0 Å². The molecule has 2 N–H and O–H groups in total. The van der Waals surface area contributed by atoms with Crippen molar-refractivity contribution in [2.24, 2.45) is 4.99 Å². The highest BCUT2D eigenvalue weighted by Gasteiger charge is 2.04. The molecule has 0 bridgehead atoms. The Morgan fingerprint density at radius 3 is 2.52 bits per heavy atom. The molecule has 4 rings (SSSR count). The standard InChI is InChI=1S/C24H30N8.HI/c1-3-23-30-29-18-31(23)14-13-26-24(25-4-2)27-15-19-9-11-20(12-10-19)16-32-17-28-21-7-5-6-8-22(21)32;/h5-12,17-18H,3-4,13-16H2,1-2H3,(H2,25,26,27);1H. The fourth-order valence-electron chi connectivity index (χ4n) is 3.63. The Kier molecular flexibility index (Phi) is 9.23. The van der Waals surface area contributed by atoms with Crippen molar-refractivity contribution in [1.82, 2.24) is 34.9 Å². The molecule has 2 heterocycles. The van der Waals surface area contributed by atoms with E-state index in [1.807, 2.05) is 24.5 Å². The topological polar surface area (TPSA) is 85.0 Å². The Bertz CT molecular complexity index is 1160. The summed E-state index contributed by atoms with van der Waals surface area (Å²) in [6.07, 6.45) is 4.56. The molecule has 0 saturated heterocycles. The maximum Gasteiger partial charge on any atom is 0.191 e. The van der Waals surface area contributed by atoms with E-state index in [9.17, 15) is 0 Å². The van der Waals surface area contributed by atoms with Gasteiger partial charge in [-0.15, -0.1) is 34.2 Å². The van der Waals surface area contributed by atoms with Crippen molar-refractivity contribution in [3.63, 3.8) is 0 Å². The van der Waals surface area contributed by atoms with Crippen LogP contribution in [0.25, 0.3) is 11.0 Å². The van der Waals surface area contributed by atoms with Crippen molar-refractivity contribution in [2.75, 3.05) is 13.1 Å². The predicted molar refractivity (Wildman–Crippen MR) is 143 cm³/mol. The summed E-state index contributed by atoms with van der Waals surface area (Å²) in [6, 6.07) is 16.8. The Morgan fingerprint density at radius 2 is 1.73 bits per heavy atom. The first-order chi connectivity index (χ1) is 15.8. The van der Waals surface area contributed by atoms with E-state index in [0.717, 1.165) is 55.4 Å². The quantitative estimate of drug-likeness (QED) is 0.186. The van der Waals surface area contributed by atoms with E-state index in [2.05, 4.69) is 79.1 Å². The largest absolute Gasteiger partial charge is 0.357 e. The number of guanidine groups is 1. The number of hydrogen-bond acceptors (Lipinski definition) is 4. The molecule has 0 saturated carbocycles. The maximum atomic E-state index is 4.73. The highest BCUT2D eigenvalue weighted by atomic mass is 127. The van der Waals surface area contributed by atoms with Gasteiger partial charge in [0.05, 0.1) is 23.9 Å². The highest BCUT2D eigenvalue weighted by molar-refractivity contribution is 14.0. The maximum absolute atomic E-state index is 4.73. The number of imidazole rings is 1. The van der Waals surface area contributed by atoms with Crippen LogP contribution in [0.2, 0.25) is 0 Å². The van der Waals surface area contributed by atoms with Crippen molar-refractivity contribution in [3.05, 3.63) is 78.1 Å². The first-order valence-electron chi connectivity index (χ1n) is 11.1. The number of rotatable bonds is 9. The van der Waals surface area contributed by atoms with Crippen LogP contribution < -0.4 is 10.6 Å². The molecular weight excluding hydrogens is 527 g/mol. The molecule has 0 fully saturated rings. The van der Waals surface area contributed by atoms with Gasteiger partial charge in [-0.25, -0.2) is 9.98 Å². The Hall–Kier alpha value is -2.95. The van der Waals surface area contributed by atoms with Gasteiger partial charge in [0.25, 0.3) is 0 Å². The molecule has 0 aliphatic carbocycles. The summed E-state index contributed by atoms with van der Waals surface area (Å²) in [5, 5.41) is 14.8. The molecule has 4 aromatic rings. The van der Waals surface area contributed by atoms with Crippen LogP contribution in [0.4, 0.5) is 0 Å². The second kappa shape index (κ2) is 12.3. The Balaban J connectivity index is 0.00000306. The van der Waals surface area contributed by atoms with Gasteiger partial charge >= 0.3 is 0 Å². The average molecular weight is 558 g/mol. The van der Waals surface area contributed by atoms with E-state index in [-0.39, 0.29) is 24.0 Å². The molecule has 9 heteroatoms. The van der Waals surface area contributed by atoms with Gasteiger partial charge in [-0.2, -0.15) is 0 Å². The van der Waals surface area contributed by atoms with Crippen LogP contribution in [-0.4, -0.2) is 43.4 Å². The van der Waals surface area contributed by atoms with Crippen LogP contribution in [0.3, 0.4) is 0 Å². The second-order valence-electron chi connectivity index (χ2n) is 7.59. The number of benzene rings is 2. The van der Waals surface area contributed by atoms with Crippen molar-refractivity contribution >= 4 is 41.0 Å². The average Bonchev–Trinajstić information content (AvgIpc) is 3.45. The SMILES string of the molecule is CCNC(=NCc1ccc(Cn2cnc3ccccc32)cc1)NCCn1cnnc1CC.I. The predicted octanol–water partition coefficient (Wildman–Crippen LogP) is 3.61. The minimum Gasteiger partial charge on any atom is -0.357 e. The second-order valence-corrected chi connectivity index (χ2v) is 7.59. The van der Waals surface area contributed by atoms with Gasteiger partial charge < -0.3 is 19.8 Å². The zero-order chi connectivity index (χ0) is 22.2. The third kappa shape index (κ3) is 6.53. The van der Waals surface area contributed by atoms with E-state index in [0.29, 0.717) is 6.54 Å². The molecule has 0 aliphatic rings. The van der Waals surface area contributed by atoms with Crippen LogP contribution in [0.5, 0.6) is 0 Å². The van der Waals surface area contributed by atoms with E-state index in [4.69, 9.17) is 4.99 Å². The number of aryl methyl sites for hydroxylation is 1. The van der Waals surface area contributed by atoms with E-state index in [1.54, 1.807) is 6.33 Å². The number of nitrogens with one attached hydrogen (secondary N) is 2. The molecule has 8 nitrogen and oxygen atoms in total. The normalized spacial score (nSPS) is 11.4. The number of hydrogen-bond donors (Lipinski definition) is 2. The third-order valence-corrected chi connectivity index (χ3v) is 5.32. The Morgan fingerprint density at radius 1 is 0.939 bits per heavy atom. The lowest BCUT2D eigenvalue weighted by Crippen LogP contribution is -2.38. The minimum absolute atomic E-state index is 0. The van der Waals surface area contributed by atoms with Crippen molar-refractivity contribution in [2.45, 2.75) is 39.9 Å². The summed E-state index contributed by atoms with van der Waals surface area (Å²) in [6.45, 7) is 7.96. The third-order valence-electron chi connectivity index (χ3n) is 5.32.